The minimum Gasteiger partial charge on any atom is -0.457 e. The van der Waals surface area contributed by atoms with Crippen LogP contribution in [0.5, 0.6) is 11.5 Å². The van der Waals surface area contributed by atoms with E-state index in [0.29, 0.717) is 27.2 Å². The van der Waals surface area contributed by atoms with Gasteiger partial charge in [0.25, 0.3) is 0 Å². The van der Waals surface area contributed by atoms with Crippen LogP contribution in [-0.2, 0) is 0 Å². The van der Waals surface area contributed by atoms with Crippen LogP contribution < -0.4 is 10.1 Å². The average Bonchev–Trinajstić information content (AvgIpc) is 2.62. The van der Waals surface area contributed by atoms with Gasteiger partial charge in [-0.25, -0.2) is 8.78 Å². The van der Waals surface area contributed by atoms with Crippen molar-refractivity contribution < 1.29 is 13.5 Å². The third kappa shape index (κ3) is 4.26. The van der Waals surface area contributed by atoms with Crippen molar-refractivity contribution in [1.29, 1.82) is 0 Å². The van der Waals surface area contributed by atoms with Gasteiger partial charge in [-0.05, 0) is 37.3 Å². The quantitative estimate of drug-likeness (QED) is 0.493. The molecule has 0 aliphatic rings. The number of benzene rings is 3. The largest absolute Gasteiger partial charge is 0.457 e. The molecule has 26 heavy (non-hydrogen) atoms. The van der Waals surface area contributed by atoms with Crippen LogP contribution in [0.15, 0.2) is 60.7 Å². The molecule has 0 aliphatic heterocycles. The highest BCUT2D eigenvalue weighted by atomic mass is 35.5. The van der Waals surface area contributed by atoms with Gasteiger partial charge in [0.2, 0.25) is 0 Å². The molecule has 0 aliphatic carbocycles. The Hall–Kier alpha value is -2.30. The molecule has 0 heterocycles. The molecule has 0 fully saturated rings. The number of nitrogens with one attached hydrogen (secondary N) is 1. The molecular weight excluding hydrogens is 379 g/mol. The molecule has 1 unspecified atom stereocenters. The summed E-state index contributed by atoms with van der Waals surface area (Å²) < 4.78 is 32.4. The van der Waals surface area contributed by atoms with Gasteiger partial charge in [0.05, 0.1) is 16.1 Å². The molecule has 0 bridgehead atoms. The Morgan fingerprint density at radius 1 is 0.885 bits per heavy atom. The predicted molar refractivity (Wildman–Crippen MR) is 101 cm³/mol. The average molecular weight is 394 g/mol. The number of hydrogen-bond acceptors (Lipinski definition) is 2. The summed E-state index contributed by atoms with van der Waals surface area (Å²) in [5, 5.41) is 3.98. The van der Waals surface area contributed by atoms with Gasteiger partial charge >= 0.3 is 0 Å². The van der Waals surface area contributed by atoms with Gasteiger partial charge in [-0.2, -0.15) is 0 Å². The summed E-state index contributed by atoms with van der Waals surface area (Å²) in [6.45, 7) is 1.90. The van der Waals surface area contributed by atoms with Crippen molar-refractivity contribution in [3.8, 4) is 11.5 Å². The molecule has 0 amide bonds. The lowest BCUT2D eigenvalue weighted by molar-refractivity contribution is 0.473. The smallest absolute Gasteiger partial charge is 0.160 e. The van der Waals surface area contributed by atoms with Gasteiger partial charge in [0.15, 0.2) is 11.6 Å². The van der Waals surface area contributed by atoms with Gasteiger partial charge in [0.1, 0.15) is 11.5 Å². The number of ether oxygens (including phenoxy) is 1. The maximum absolute atomic E-state index is 13.4. The van der Waals surface area contributed by atoms with Gasteiger partial charge in [-0.15, -0.1) is 0 Å². The van der Waals surface area contributed by atoms with E-state index in [1.807, 2.05) is 31.2 Å². The maximum Gasteiger partial charge on any atom is 0.160 e. The van der Waals surface area contributed by atoms with Crippen LogP contribution in [0.3, 0.4) is 0 Å². The molecule has 3 aromatic carbocycles. The minimum atomic E-state index is -0.900. The Balaban J connectivity index is 1.83. The number of para-hydroxylation sites is 1. The zero-order valence-electron chi connectivity index (χ0n) is 13.8. The monoisotopic (exact) mass is 393 g/mol. The summed E-state index contributed by atoms with van der Waals surface area (Å²) in [6.07, 6.45) is 0. The number of halogens is 4. The first-order valence-electron chi connectivity index (χ1n) is 7.87. The molecule has 3 rings (SSSR count). The molecule has 2 nitrogen and oxygen atoms in total. The highest BCUT2D eigenvalue weighted by molar-refractivity contribution is 6.42. The topological polar surface area (TPSA) is 21.3 Å². The van der Waals surface area contributed by atoms with E-state index in [9.17, 15) is 8.78 Å². The first kappa shape index (κ1) is 18.5. The van der Waals surface area contributed by atoms with E-state index < -0.39 is 11.6 Å². The Kier molecular flexibility index (Phi) is 5.64. The second-order valence-electron chi connectivity index (χ2n) is 5.71. The van der Waals surface area contributed by atoms with E-state index in [1.165, 1.54) is 6.07 Å². The Morgan fingerprint density at radius 3 is 2.38 bits per heavy atom. The van der Waals surface area contributed by atoms with Crippen LogP contribution in [0.2, 0.25) is 10.0 Å². The van der Waals surface area contributed by atoms with Crippen LogP contribution in [0, 0.1) is 11.6 Å². The number of hydrogen-bond donors (Lipinski definition) is 1. The third-order valence-corrected chi connectivity index (χ3v) is 4.55. The number of anilines is 1. The first-order valence-corrected chi connectivity index (χ1v) is 8.63. The van der Waals surface area contributed by atoms with Gasteiger partial charge in [-0.3, -0.25) is 0 Å². The predicted octanol–water partition coefficient (Wildman–Crippen LogP) is 7.24. The highest BCUT2D eigenvalue weighted by Gasteiger charge is 2.13. The molecule has 1 N–H and O–H groups in total. The first-order chi connectivity index (χ1) is 12.4. The highest BCUT2D eigenvalue weighted by Crippen LogP contribution is 2.34. The van der Waals surface area contributed by atoms with Crippen molar-refractivity contribution in [3.05, 3.63) is 87.9 Å². The van der Waals surface area contributed by atoms with E-state index in [0.717, 1.165) is 17.7 Å². The van der Waals surface area contributed by atoms with E-state index in [2.05, 4.69) is 5.32 Å². The van der Waals surface area contributed by atoms with Crippen molar-refractivity contribution in [1.82, 2.24) is 0 Å². The standard InChI is InChI=1S/C20H15Cl2F2NO/c1-12(25-13-6-9-18(23)19(24)10-13)15-4-2-3-5-20(15)26-14-7-8-16(21)17(22)11-14/h2-12,25H,1H3. The maximum atomic E-state index is 13.4. The normalized spacial score (nSPS) is 11.9. The lowest BCUT2D eigenvalue weighted by Gasteiger charge is -2.19. The van der Waals surface area contributed by atoms with Crippen molar-refractivity contribution in [3.63, 3.8) is 0 Å². The van der Waals surface area contributed by atoms with E-state index in [1.54, 1.807) is 18.2 Å². The van der Waals surface area contributed by atoms with Crippen LogP contribution in [0.4, 0.5) is 14.5 Å². The SMILES string of the molecule is CC(Nc1ccc(F)c(F)c1)c1ccccc1Oc1ccc(Cl)c(Cl)c1. The fourth-order valence-corrected chi connectivity index (χ4v) is 2.80. The van der Waals surface area contributed by atoms with Crippen LogP contribution in [0.1, 0.15) is 18.5 Å². The van der Waals surface area contributed by atoms with Crippen LogP contribution >= 0.6 is 23.2 Å². The Labute approximate surface area is 160 Å². The molecule has 0 aromatic heterocycles. The zero-order valence-corrected chi connectivity index (χ0v) is 15.3. The number of rotatable bonds is 5. The molecule has 3 aromatic rings. The second kappa shape index (κ2) is 7.94. The molecule has 0 saturated heterocycles. The van der Waals surface area contributed by atoms with Crippen molar-refractivity contribution in [2.75, 3.05) is 5.32 Å². The lowest BCUT2D eigenvalue weighted by atomic mass is 10.1. The fourth-order valence-electron chi connectivity index (χ4n) is 2.51. The van der Waals surface area contributed by atoms with Gasteiger partial charge in [-0.1, -0.05) is 41.4 Å². The summed E-state index contributed by atoms with van der Waals surface area (Å²) in [4.78, 5) is 0. The fraction of sp³-hybridized carbons (Fsp3) is 0.100. The summed E-state index contributed by atoms with van der Waals surface area (Å²) >= 11 is 12.0. The van der Waals surface area contributed by atoms with Crippen molar-refractivity contribution in [2.24, 2.45) is 0 Å². The van der Waals surface area contributed by atoms with Gasteiger partial charge < -0.3 is 10.1 Å². The van der Waals surface area contributed by atoms with Crippen LogP contribution in [-0.4, -0.2) is 0 Å². The van der Waals surface area contributed by atoms with Gasteiger partial charge in [0, 0.05) is 23.4 Å². The molecule has 0 radical (unpaired) electrons. The minimum absolute atomic E-state index is 0.209. The second-order valence-corrected chi connectivity index (χ2v) is 6.53. The molecule has 0 saturated carbocycles. The zero-order chi connectivity index (χ0) is 18.7. The molecule has 6 heteroatoms. The van der Waals surface area contributed by atoms with E-state index >= 15 is 0 Å². The molecule has 0 spiro atoms. The van der Waals surface area contributed by atoms with Crippen LogP contribution in [0.25, 0.3) is 0 Å². The van der Waals surface area contributed by atoms with E-state index in [-0.39, 0.29) is 6.04 Å². The molecule has 134 valence electrons. The molecular formula is C20H15Cl2F2NO. The van der Waals surface area contributed by atoms with E-state index in [4.69, 9.17) is 27.9 Å². The summed E-state index contributed by atoms with van der Waals surface area (Å²) in [5.41, 5.74) is 1.32. The summed E-state index contributed by atoms with van der Waals surface area (Å²) in [7, 11) is 0. The Morgan fingerprint density at radius 2 is 1.65 bits per heavy atom. The van der Waals surface area contributed by atoms with Crippen molar-refractivity contribution in [2.45, 2.75) is 13.0 Å². The third-order valence-electron chi connectivity index (χ3n) is 3.81. The summed E-state index contributed by atoms with van der Waals surface area (Å²) in [6, 6.07) is 15.9. The van der Waals surface area contributed by atoms with Crippen molar-refractivity contribution >= 4 is 28.9 Å². The summed E-state index contributed by atoms with van der Waals surface area (Å²) in [5.74, 6) is -0.616. The molecule has 1 atom stereocenters. The lowest BCUT2D eigenvalue weighted by Crippen LogP contribution is -2.08. The Bertz CT molecular complexity index is 933.